The van der Waals surface area contributed by atoms with E-state index in [1.165, 1.54) is 17.7 Å². The average Bonchev–Trinajstić information content (AvgIpc) is 2.67. The predicted octanol–water partition coefficient (Wildman–Crippen LogP) is 6.40. The molecule has 0 radical (unpaired) electrons. The normalized spacial score (nSPS) is 12.3. The smallest absolute Gasteiger partial charge is 0.352 e. The zero-order valence-corrected chi connectivity index (χ0v) is 16.9. The summed E-state index contributed by atoms with van der Waals surface area (Å²) in [5.41, 5.74) is 4.21. The van der Waals surface area contributed by atoms with Crippen LogP contribution in [0.25, 0.3) is 0 Å². The fourth-order valence-electron chi connectivity index (χ4n) is 3.18. The molecule has 0 aromatic heterocycles. The first-order valence-corrected chi connectivity index (χ1v) is 9.52. The van der Waals surface area contributed by atoms with Crippen molar-refractivity contribution < 1.29 is 13.2 Å². The van der Waals surface area contributed by atoms with E-state index in [1.54, 1.807) is 0 Å². The first-order valence-electron chi connectivity index (χ1n) is 9.11. The Balaban J connectivity index is 1.81. The summed E-state index contributed by atoms with van der Waals surface area (Å²) in [6.07, 6.45) is -4.36. The number of benzene rings is 3. The number of halogens is 3. The molecule has 3 rings (SSSR count). The molecule has 0 unspecified atom stereocenters. The maximum Gasteiger partial charge on any atom is 0.416 e. The topological polar surface area (TPSA) is 24.1 Å². The number of anilines is 1. The Morgan fingerprint density at radius 3 is 2.14 bits per heavy atom. The van der Waals surface area contributed by atoms with Gasteiger partial charge in [-0.05, 0) is 67.0 Å². The molecule has 150 valence electrons. The molecule has 0 amide bonds. The van der Waals surface area contributed by atoms with Crippen LogP contribution in [0.15, 0.2) is 72.8 Å². The lowest BCUT2D eigenvalue weighted by molar-refractivity contribution is -0.137. The average molecular weight is 414 g/mol. The second-order valence-corrected chi connectivity index (χ2v) is 7.29. The van der Waals surface area contributed by atoms with Crippen LogP contribution in [0.2, 0.25) is 0 Å². The van der Waals surface area contributed by atoms with Gasteiger partial charge in [0.2, 0.25) is 0 Å². The van der Waals surface area contributed by atoms with Gasteiger partial charge in [-0.2, -0.15) is 13.2 Å². The molecule has 0 heterocycles. The minimum absolute atomic E-state index is 0.189. The summed E-state index contributed by atoms with van der Waals surface area (Å²) in [7, 11) is 0. The van der Waals surface area contributed by atoms with E-state index in [1.807, 2.05) is 50.2 Å². The number of alkyl halides is 3. The van der Waals surface area contributed by atoms with Crippen LogP contribution in [0.4, 0.5) is 18.9 Å². The molecule has 3 aromatic carbocycles. The number of hydrogen-bond donors (Lipinski definition) is 2. The molecule has 0 saturated carbocycles. The molecule has 0 aliphatic carbocycles. The van der Waals surface area contributed by atoms with Gasteiger partial charge in [0.25, 0.3) is 0 Å². The molecule has 3 aromatic rings. The molecule has 0 aliphatic rings. The predicted molar refractivity (Wildman–Crippen MR) is 115 cm³/mol. The summed E-state index contributed by atoms with van der Waals surface area (Å²) < 4.78 is 38.2. The standard InChI is InChI=1S/C23H21F3N2S/c1-15-8-13-20(16(2)14-15)21(17-6-4-3-5-7-17)28-22(29)27-19-11-9-18(10-12-19)23(24,25)26/h3-14,21H,1-2H3,(H2,27,28,29)/t21-/m0/s1. The Kier molecular flexibility index (Phi) is 6.23. The van der Waals surface area contributed by atoms with E-state index in [-0.39, 0.29) is 6.04 Å². The third-order valence-corrected chi connectivity index (χ3v) is 4.83. The van der Waals surface area contributed by atoms with Crippen LogP contribution in [-0.4, -0.2) is 5.11 Å². The van der Waals surface area contributed by atoms with E-state index in [2.05, 4.69) is 22.8 Å². The molecule has 0 aliphatic heterocycles. The maximum absolute atomic E-state index is 12.7. The number of nitrogens with one attached hydrogen (secondary N) is 2. The van der Waals surface area contributed by atoms with Gasteiger partial charge in [-0.1, -0.05) is 54.1 Å². The van der Waals surface area contributed by atoms with Crippen LogP contribution in [0.1, 0.15) is 33.9 Å². The number of thiocarbonyl (C=S) groups is 1. The van der Waals surface area contributed by atoms with Crippen LogP contribution in [-0.2, 0) is 6.18 Å². The molecule has 0 fully saturated rings. The second kappa shape index (κ2) is 8.66. The lowest BCUT2D eigenvalue weighted by Crippen LogP contribution is -2.33. The highest BCUT2D eigenvalue weighted by molar-refractivity contribution is 7.80. The number of rotatable bonds is 4. The van der Waals surface area contributed by atoms with E-state index in [9.17, 15) is 13.2 Å². The van der Waals surface area contributed by atoms with E-state index in [0.717, 1.165) is 28.8 Å². The van der Waals surface area contributed by atoms with Crippen molar-refractivity contribution in [2.45, 2.75) is 26.1 Å². The summed E-state index contributed by atoms with van der Waals surface area (Å²) in [5.74, 6) is 0. The maximum atomic E-state index is 12.7. The zero-order valence-electron chi connectivity index (χ0n) is 16.0. The minimum atomic E-state index is -4.36. The minimum Gasteiger partial charge on any atom is -0.352 e. The summed E-state index contributed by atoms with van der Waals surface area (Å²) in [5, 5.41) is 6.61. The first-order chi connectivity index (χ1) is 13.7. The highest BCUT2D eigenvalue weighted by Gasteiger charge is 2.30. The third-order valence-electron chi connectivity index (χ3n) is 4.61. The van der Waals surface area contributed by atoms with Crippen molar-refractivity contribution in [3.8, 4) is 0 Å². The Bertz CT molecular complexity index is 983. The highest BCUT2D eigenvalue weighted by Crippen LogP contribution is 2.30. The van der Waals surface area contributed by atoms with Gasteiger partial charge in [-0.15, -0.1) is 0 Å². The number of aryl methyl sites for hydroxylation is 2. The van der Waals surface area contributed by atoms with Crippen LogP contribution in [0.3, 0.4) is 0 Å². The second-order valence-electron chi connectivity index (χ2n) is 6.88. The van der Waals surface area contributed by atoms with Crippen molar-refractivity contribution in [3.63, 3.8) is 0 Å². The molecular weight excluding hydrogens is 393 g/mol. The van der Waals surface area contributed by atoms with Crippen molar-refractivity contribution in [1.82, 2.24) is 5.32 Å². The molecule has 1 atom stereocenters. The van der Waals surface area contributed by atoms with E-state index in [0.29, 0.717) is 10.8 Å². The van der Waals surface area contributed by atoms with E-state index < -0.39 is 11.7 Å². The van der Waals surface area contributed by atoms with Crippen LogP contribution >= 0.6 is 12.2 Å². The summed E-state index contributed by atoms with van der Waals surface area (Å²) in [6.45, 7) is 4.09. The summed E-state index contributed by atoms with van der Waals surface area (Å²) in [6, 6.07) is 20.7. The monoisotopic (exact) mass is 414 g/mol. The van der Waals surface area contributed by atoms with Gasteiger partial charge >= 0.3 is 6.18 Å². The van der Waals surface area contributed by atoms with Gasteiger partial charge in [-0.25, -0.2) is 0 Å². The molecule has 0 bridgehead atoms. The van der Waals surface area contributed by atoms with Crippen LogP contribution < -0.4 is 10.6 Å². The summed E-state index contributed by atoms with van der Waals surface area (Å²) >= 11 is 5.44. The molecule has 0 saturated heterocycles. The lowest BCUT2D eigenvalue weighted by atomic mass is 9.94. The highest BCUT2D eigenvalue weighted by atomic mass is 32.1. The van der Waals surface area contributed by atoms with Gasteiger partial charge < -0.3 is 10.6 Å². The summed E-state index contributed by atoms with van der Waals surface area (Å²) in [4.78, 5) is 0. The quantitative estimate of drug-likeness (QED) is 0.483. The van der Waals surface area contributed by atoms with E-state index >= 15 is 0 Å². The molecule has 2 nitrogen and oxygen atoms in total. The van der Waals surface area contributed by atoms with Crippen molar-refractivity contribution in [2.24, 2.45) is 0 Å². The molecule has 29 heavy (non-hydrogen) atoms. The Hall–Kier alpha value is -2.86. The van der Waals surface area contributed by atoms with Gasteiger partial charge in [0.15, 0.2) is 5.11 Å². The fourth-order valence-corrected chi connectivity index (χ4v) is 3.41. The van der Waals surface area contributed by atoms with Gasteiger partial charge in [0.05, 0.1) is 11.6 Å². The van der Waals surface area contributed by atoms with Crippen molar-refractivity contribution >= 4 is 23.0 Å². The SMILES string of the molecule is Cc1ccc([C@@H](NC(=S)Nc2ccc(C(F)(F)F)cc2)c2ccccc2)c(C)c1. The molecular formula is C23H21F3N2S. The Morgan fingerprint density at radius 2 is 1.55 bits per heavy atom. The molecule has 0 spiro atoms. The first kappa shape index (κ1) is 20.9. The van der Waals surface area contributed by atoms with Gasteiger partial charge in [0.1, 0.15) is 0 Å². The van der Waals surface area contributed by atoms with Gasteiger partial charge in [-0.3, -0.25) is 0 Å². The van der Waals surface area contributed by atoms with Crippen molar-refractivity contribution in [1.29, 1.82) is 0 Å². The Morgan fingerprint density at radius 1 is 0.897 bits per heavy atom. The lowest BCUT2D eigenvalue weighted by Gasteiger charge is -2.24. The van der Waals surface area contributed by atoms with Crippen molar-refractivity contribution in [3.05, 3.63) is 101 Å². The molecule has 6 heteroatoms. The number of hydrogen-bond acceptors (Lipinski definition) is 1. The van der Waals surface area contributed by atoms with Crippen molar-refractivity contribution in [2.75, 3.05) is 5.32 Å². The molecule has 2 N–H and O–H groups in total. The van der Waals surface area contributed by atoms with E-state index in [4.69, 9.17) is 12.2 Å². The zero-order chi connectivity index (χ0) is 21.0. The Labute approximate surface area is 173 Å². The van der Waals surface area contributed by atoms with Gasteiger partial charge in [0, 0.05) is 5.69 Å². The largest absolute Gasteiger partial charge is 0.416 e. The fraction of sp³-hybridized carbons (Fsp3) is 0.174. The van der Waals surface area contributed by atoms with Crippen LogP contribution in [0, 0.1) is 13.8 Å². The third kappa shape index (κ3) is 5.35. The van der Waals surface area contributed by atoms with Crippen LogP contribution in [0.5, 0.6) is 0 Å².